The van der Waals surface area contributed by atoms with Gasteiger partial charge in [-0.1, -0.05) is 70.2 Å². The molecule has 0 amide bonds. The summed E-state index contributed by atoms with van der Waals surface area (Å²) in [5.41, 5.74) is 5.85. The third-order valence-corrected chi connectivity index (χ3v) is 5.23. The van der Waals surface area contributed by atoms with E-state index in [9.17, 15) is 5.11 Å². The van der Waals surface area contributed by atoms with Crippen molar-refractivity contribution in [2.75, 3.05) is 0 Å². The Morgan fingerprint density at radius 2 is 1.48 bits per heavy atom. The van der Waals surface area contributed by atoms with Gasteiger partial charge in [-0.3, -0.25) is 0 Å². The molecule has 0 radical (unpaired) electrons. The zero-order valence-electron chi connectivity index (χ0n) is 14.6. The van der Waals surface area contributed by atoms with Crippen LogP contribution in [0.1, 0.15) is 62.8 Å². The van der Waals surface area contributed by atoms with Gasteiger partial charge in [0.2, 0.25) is 0 Å². The molecule has 1 N–H and O–H groups in total. The highest BCUT2D eigenvalue weighted by Crippen LogP contribution is 2.47. The van der Waals surface area contributed by atoms with Crippen molar-refractivity contribution in [3.63, 3.8) is 0 Å². The topological polar surface area (TPSA) is 20.2 Å². The Kier molecular flexibility index (Phi) is 3.83. The van der Waals surface area contributed by atoms with Crippen LogP contribution < -0.4 is 0 Å². The number of hydrogen-bond donors (Lipinski definition) is 1. The van der Waals surface area contributed by atoms with E-state index in [1.165, 1.54) is 29.5 Å². The van der Waals surface area contributed by atoms with Crippen LogP contribution in [0.4, 0.5) is 0 Å². The van der Waals surface area contributed by atoms with Crippen molar-refractivity contribution < 1.29 is 5.11 Å². The molecule has 0 saturated carbocycles. The predicted octanol–water partition coefficient (Wildman–Crippen LogP) is 5.91. The average molecular weight is 306 g/mol. The highest BCUT2D eigenvalue weighted by molar-refractivity contribution is 5.73. The van der Waals surface area contributed by atoms with E-state index in [1.54, 1.807) is 12.1 Å². The Labute approximate surface area is 139 Å². The van der Waals surface area contributed by atoms with Crippen LogP contribution in [0.25, 0.3) is 12.2 Å². The number of aromatic hydroxyl groups is 1. The molecule has 0 aromatic heterocycles. The molecule has 2 aromatic carbocycles. The SMILES string of the molecule is CC1(C)CCC(C)(C)c2c(C=Cc3ccc(O)cc3)cccc21. The first-order valence-electron chi connectivity index (χ1n) is 8.41. The summed E-state index contributed by atoms with van der Waals surface area (Å²) in [7, 11) is 0. The Morgan fingerprint density at radius 3 is 2.17 bits per heavy atom. The molecule has 1 nitrogen and oxygen atoms in total. The number of fused-ring (bicyclic) bond motifs is 1. The fraction of sp³-hybridized carbons (Fsp3) is 0.364. The molecule has 0 fully saturated rings. The van der Waals surface area contributed by atoms with Gasteiger partial charge in [0.05, 0.1) is 0 Å². The van der Waals surface area contributed by atoms with Crippen LogP contribution in [0.15, 0.2) is 42.5 Å². The lowest BCUT2D eigenvalue weighted by molar-refractivity contribution is 0.331. The van der Waals surface area contributed by atoms with Gasteiger partial charge in [-0.25, -0.2) is 0 Å². The molecule has 0 atom stereocenters. The van der Waals surface area contributed by atoms with Crippen LogP contribution in [0.5, 0.6) is 5.75 Å². The van der Waals surface area contributed by atoms with Gasteiger partial charge < -0.3 is 5.11 Å². The second-order valence-corrected chi connectivity index (χ2v) is 7.96. The molecule has 0 aliphatic heterocycles. The first-order valence-corrected chi connectivity index (χ1v) is 8.41. The maximum atomic E-state index is 9.40. The molecule has 0 unspecified atom stereocenters. The first kappa shape index (κ1) is 15.9. The molecule has 0 saturated heterocycles. The second-order valence-electron chi connectivity index (χ2n) is 7.96. The molecule has 23 heavy (non-hydrogen) atoms. The molecule has 1 heteroatoms. The van der Waals surface area contributed by atoms with Gasteiger partial charge in [0.15, 0.2) is 0 Å². The van der Waals surface area contributed by atoms with Crippen molar-refractivity contribution in [3.05, 3.63) is 64.7 Å². The molecule has 0 bridgehead atoms. The minimum absolute atomic E-state index is 0.209. The van der Waals surface area contributed by atoms with Crippen molar-refractivity contribution in [3.8, 4) is 5.75 Å². The zero-order valence-corrected chi connectivity index (χ0v) is 14.6. The maximum absolute atomic E-state index is 9.40. The summed E-state index contributed by atoms with van der Waals surface area (Å²) in [6.45, 7) is 9.43. The van der Waals surface area contributed by atoms with Crippen molar-refractivity contribution in [1.82, 2.24) is 0 Å². The van der Waals surface area contributed by atoms with Crippen LogP contribution in [-0.4, -0.2) is 5.11 Å². The van der Waals surface area contributed by atoms with E-state index >= 15 is 0 Å². The van der Waals surface area contributed by atoms with E-state index in [1.807, 2.05) is 12.1 Å². The van der Waals surface area contributed by atoms with Gasteiger partial charge in [-0.15, -0.1) is 0 Å². The number of benzene rings is 2. The van der Waals surface area contributed by atoms with E-state index in [2.05, 4.69) is 58.0 Å². The summed E-state index contributed by atoms with van der Waals surface area (Å²) >= 11 is 0. The summed E-state index contributed by atoms with van der Waals surface area (Å²) < 4.78 is 0. The van der Waals surface area contributed by atoms with Crippen molar-refractivity contribution in [2.45, 2.75) is 51.4 Å². The Hall–Kier alpha value is -2.02. The zero-order chi connectivity index (χ0) is 16.7. The highest BCUT2D eigenvalue weighted by atomic mass is 16.3. The lowest BCUT2D eigenvalue weighted by Crippen LogP contribution is -2.34. The smallest absolute Gasteiger partial charge is 0.115 e. The monoisotopic (exact) mass is 306 g/mol. The Bertz CT molecular complexity index is 733. The lowest BCUT2D eigenvalue weighted by Gasteiger charge is -2.42. The minimum Gasteiger partial charge on any atom is -0.508 e. The third kappa shape index (κ3) is 3.06. The van der Waals surface area contributed by atoms with Gasteiger partial charge in [0, 0.05) is 0 Å². The average Bonchev–Trinajstić information content (AvgIpc) is 2.51. The van der Waals surface area contributed by atoms with Gasteiger partial charge in [-0.05, 0) is 58.1 Å². The van der Waals surface area contributed by atoms with E-state index < -0.39 is 0 Å². The normalized spacial score (nSPS) is 18.8. The molecular weight excluding hydrogens is 280 g/mol. The van der Waals surface area contributed by atoms with Crippen molar-refractivity contribution in [1.29, 1.82) is 0 Å². The third-order valence-electron chi connectivity index (χ3n) is 5.23. The summed E-state index contributed by atoms with van der Waals surface area (Å²) in [4.78, 5) is 0. The quantitative estimate of drug-likeness (QED) is 0.684. The summed E-state index contributed by atoms with van der Waals surface area (Å²) in [5.74, 6) is 0.308. The van der Waals surface area contributed by atoms with Crippen molar-refractivity contribution >= 4 is 12.2 Å². The fourth-order valence-electron chi connectivity index (χ4n) is 3.68. The molecule has 2 aromatic rings. The predicted molar refractivity (Wildman–Crippen MR) is 98.8 cm³/mol. The summed E-state index contributed by atoms with van der Waals surface area (Å²) in [5, 5.41) is 9.40. The number of hydrogen-bond acceptors (Lipinski definition) is 1. The Morgan fingerprint density at radius 1 is 0.826 bits per heavy atom. The molecule has 3 rings (SSSR count). The minimum atomic E-state index is 0.209. The summed E-state index contributed by atoms with van der Waals surface area (Å²) in [6, 6.07) is 14.0. The molecule has 1 aliphatic carbocycles. The highest BCUT2D eigenvalue weighted by Gasteiger charge is 2.37. The van der Waals surface area contributed by atoms with Gasteiger partial charge in [-0.2, -0.15) is 0 Å². The van der Waals surface area contributed by atoms with E-state index in [4.69, 9.17) is 0 Å². The molecular formula is C22H26O. The molecule has 0 heterocycles. The van der Waals surface area contributed by atoms with Gasteiger partial charge in [0.25, 0.3) is 0 Å². The molecule has 0 spiro atoms. The van der Waals surface area contributed by atoms with Crippen LogP contribution in [-0.2, 0) is 10.8 Å². The standard InChI is InChI=1S/C22H26O/c1-21(2)14-15-22(3,4)20-17(6-5-7-19(20)21)11-8-16-9-12-18(23)13-10-16/h5-13,23H,14-15H2,1-4H3. The Balaban J connectivity index is 2.06. The number of rotatable bonds is 2. The van der Waals surface area contributed by atoms with E-state index in [0.29, 0.717) is 5.75 Å². The van der Waals surface area contributed by atoms with Crippen molar-refractivity contribution in [2.24, 2.45) is 0 Å². The summed E-state index contributed by atoms with van der Waals surface area (Å²) in [6.07, 6.45) is 6.80. The van der Waals surface area contributed by atoms with Crippen LogP contribution >= 0.6 is 0 Å². The largest absolute Gasteiger partial charge is 0.508 e. The lowest BCUT2D eigenvalue weighted by atomic mass is 9.62. The first-order chi connectivity index (χ1) is 10.8. The fourth-order valence-corrected chi connectivity index (χ4v) is 3.68. The van der Waals surface area contributed by atoms with E-state index in [0.717, 1.165) is 5.56 Å². The van der Waals surface area contributed by atoms with Gasteiger partial charge >= 0.3 is 0 Å². The van der Waals surface area contributed by atoms with Gasteiger partial charge in [0.1, 0.15) is 5.75 Å². The van der Waals surface area contributed by atoms with Crippen LogP contribution in [0, 0.1) is 0 Å². The second kappa shape index (κ2) is 5.56. The van der Waals surface area contributed by atoms with E-state index in [-0.39, 0.29) is 10.8 Å². The van der Waals surface area contributed by atoms with Crippen LogP contribution in [0.2, 0.25) is 0 Å². The number of phenols is 1. The molecule has 120 valence electrons. The molecule has 1 aliphatic rings. The number of phenolic OH excluding ortho intramolecular Hbond substituents is 1. The van der Waals surface area contributed by atoms with Crippen LogP contribution in [0.3, 0.4) is 0 Å². The maximum Gasteiger partial charge on any atom is 0.115 e.